The Morgan fingerprint density at radius 2 is 1.92 bits per heavy atom. The van der Waals surface area contributed by atoms with Crippen LogP contribution in [0.2, 0.25) is 0 Å². The van der Waals surface area contributed by atoms with Crippen LogP contribution in [0.4, 0.5) is 0 Å². The highest BCUT2D eigenvalue weighted by atomic mass is 16.2. The molecule has 0 N–H and O–H groups in total. The molecule has 2 aliphatic rings. The molecule has 1 aliphatic carbocycles. The Labute approximate surface area is 73.9 Å². The van der Waals surface area contributed by atoms with E-state index < -0.39 is 0 Å². The minimum Gasteiger partial charge on any atom is -0.345 e. The summed E-state index contributed by atoms with van der Waals surface area (Å²) in [5.74, 6) is 1.90. The van der Waals surface area contributed by atoms with E-state index in [0.29, 0.717) is 5.91 Å². The molecule has 1 saturated carbocycles. The van der Waals surface area contributed by atoms with Crippen molar-refractivity contribution < 1.29 is 4.79 Å². The summed E-state index contributed by atoms with van der Waals surface area (Å²) in [7, 11) is 1.94. The van der Waals surface area contributed by atoms with E-state index in [1.165, 1.54) is 25.7 Å². The molecule has 2 unspecified atom stereocenters. The maximum absolute atomic E-state index is 11.4. The molecule has 0 aromatic rings. The molecular weight excluding hydrogens is 150 g/mol. The Morgan fingerprint density at radius 1 is 1.25 bits per heavy atom. The minimum absolute atomic E-state index is 0.359. The fraction of sp³-hybridized carbons (Fsp3) is 0.900. The zero-order valence-corrected chi connectivity index (χ0v) is 7.75. The summed E-state index contributed by atoms with van der Waals surface area (Å²) in [6.45, 7) is 1.02. The lowest BCUT2D eigenvalue weighted by Gasteiger charge is -2.39. The third-order valence-corrected chi connectivity index (χ3v) is 3.44. The average Bonchev–Trinajstić information content (AvgIpc) is 2.07. The number of carbonyl (C=O) groups is 1. The Morgan fingerprint density at radius 3 is 2.67 bits per heavy atom. The molecule has 68 valence electrons. The highest BCUT2D eigenvalue weighted by molar-refractivity contribution is 5.77. The van der Waals surface area contributed by atoms with Gasteiger partial charge in [0.2, 0.25) is 5.91 Å². The molecule has 0 spiro atoms. The highest BCUT2D eigenvalue weighted by Gasteiger charge is 2.33. The van der Waals surface area contributed by atoms with E-state index >= 15 is 0 Å². The summed E-state index contributed by atoms with van der Waals surface area (Å²) in [6, 6.07) is 0. The molecule has 2 fully saturated rings. The van der Waals surface area contributed by atoms with E-state index in [9.17, 15) is 4.79 Å². The second kappa shape index (κ2) is 3.08. The first-order chi connectivity index (χ1) is 5.77. The van der Waals surface area contributed by atoms with Gasteiger partial charge in [-0.05, 0) is 24.7 Å². The SMILES string of the molecule is CN1CC2CCCCC2CC1=O. The highest BCUT2D eigenvalue weighted by Crippen LogP contribution is 2.35. The van der Waals surface area contributed by atoms with E-state index in [1.54, 1.807) is 0 Å². The predicted molar refractivity (Wildman–Crippen MR) is 47.7 cm³/mol. The standard InChI is InChI=1S/C10H17NO/c1-11-7-9-5-3-2-4-8(9)6-10(11)12/h8-9H,2-7H2,1H3. The smallest absolute Gasteiger partial charge is 0.222 e. The van der Waals surface area contributed by atoms with Gasteiger partial charge in [0.1, 0.15) is 0 Å². The van der Waals surface area contributed by atoms with Gasteiger partial charge in [0.25, 0.3) is 0 Å². The molecule has 0 aromatic carbocycles. The lowest BCUT2D eigenvalue weighted by atomic mass is 9.75. The topological polar surface area (TPSA) is 20.3 Å². The van der Waals surface area contributed by atoms with E-state index in [0.717, 1.165) is 24.8 Å². The van der Waals surface area contributed by atoms with Crippen LogP contribution in [0.25, 0.3) is 0 Å². The summed E-state index contributed by atoms with van der Waals surface area (Å²) >= 11 is 0. The largest absolute Gasteiger partial charge is 0.345 e. The zero-order valence-electron chi connectivity index (χ0n) is 7.75. The Balaban J connectivity index is 2.02. The molecule has 0 radical (unpaired) electrons. The Hall–Kier alpha value is -0.530. The average molecular weight is 167 g/mol. The maximum atomic E-state index is 11.4. The molecular formula is C10H17NO. The first-order valence-corrected chi connectivity index (χ1v) is 5.01. The van der Waals surface area contributed by atoms with Crippen molar-refractivity contribution in [3.05, 3.63) is 0 Å². The van der Waals surface area contributed by atoms with Crippen LogP contribution >= 0.6 is 0 Å². The molecule has 1 aliphatic heterocycles. The fourth-order valence-electron chi connectivity index (χ4n) is 2.63. The molecule has 0 bridgehead atoms. The summed E-state index contributed by atoms with van der Waals surface area (Å²) in [6.07, 6.45) is 6.19. The Kier molecular flexibility index (Phi) is 2.07. The summed E-state index contributed by atoms with van der Waals surface area (Å²) in [4.78, 5) is 13.3. The normalized spacial score (nSPS) is 36.4. The van der Waals surface area contributed by atoms with Gasteiger partial charge in [-0.15, -0.1) is 0 Å². The van der Waals surface area contributed by atoms with Crippen LogP contribution in [-0.4, -0.2) is 24.4 Å². The first kappa shape index (κ1) is 8.09. The van der Waals surface area contributed by atoms with Gasteiger partial charge in [0.05, 0.1) is 0 Å². The molecule has 2 atom stereocenters. The number of carbonyl (C=O) groups excluding carboxylic acids is 1. The first-order valence-electron chi connectivity index (χ1n) is 5.01. The van der Waals surface area contributed by atoms with Crippen LogP contribution in [0.15, 0.2) is 0 Å². The van der Waals surface area contributed by atoms with Crippen molar-refractivity contribution in [3.63, 3.8) is 0 Å². The van der Waals surface area contributed by atoms with Gasteiger partial charge in [-0.2, -0.15) is 0 Å². The van der Waals surface area contributed by atoms with Crippen molar-refractivity contribution in [3.8, 4) is 0 Å². The van der Waals surface area contributed by atoms with Crippen molar-refractivity contribution in [1.29, 1.82) is 0 Å². The third-order valence-electron chi connectivity index (χ3n) is 3.44. The maximum Gasteiger partial charge on any atom is 0.222 e. The Bertz CT molecular complexity index is 190. The van der Waals surface area contributed by atoms with Crippen LogP contribution < -0.4 is 0 Å². The molecule has 1 amide bonds. The van der Waals surface area contributed by atoms with Gasteiger partial charge in [-0.25, -0.2) is 0 Å². The van der Waals surface area contributed by atoms with Crippen LogP contribution in [0.5, 0.6) is 0 Å². The summed E-state index contributed by atoms with van der Waals surface area (Å²) in [5.41, 5.74) is 0. The molecule has 12 heavy (non-hydrogen) atoms. The summed E-state index contributed by atoms with van der Waals surface area (Å²) in [5, 5.41) is 0. The number of likely N-dealkylation sites (tertiary alicyclic amines) is 1. The van der Waals surface area contributed by atoms with Crippen molar-refractivity contribution >= 4 is 5.91 Å². The molecule has 1 saturated heterocycles. The van der Waals surface area contributed by atoms with Crippen molar-refractivity contribution in [2.75, 3.05) is 13.6 Å². The molecule has 2 heteroatoms. The number of nitrogens with zero attached hydrogens (tertiary/aromatic N) is 1. The van der Waals surface area contributed by atoms with E-state index in [4.69, 9.17) is 0 Å². The molecule has 1 heterocycles. The van der Waals surface area contributed by atoms with Crippen molar-refractivity contribution in [1.82, 2.24) is 4.90 Å². The van der Waals surface area contributed by atoms with Crippen LogP contribution in [-0.2, 0) is 4.79 Å². The predicted octanol–water partition coefficient (Wildman–Crippen LogP) is 1.65. The van der Waals surface area contributed by atoms with Gasteiger partial charge in [0, 0.05) is 20.0 Å². The lowest BCUT2D eigenvalue weighted by Crippen LogP contribution is -2.43. The van der Waals surface area contributed by atoms with Gasteiger partial charge in [0.15, 0.2) is 0 Å². The van der Waals surface area contributed by atoms with Crippen LogP contribution in [0.3, 0.4) is 0 Å². The van der Waals surface area contributed by atoms with Crippen LogP contribution in [0, 0.1) is 11.8 Å². The monoisotopic (exact) mass is 167 g/mol. The summed E-state index contributed by atoms with van der Waals surface area (Å²) < 4.78 is 0. The second-order valence-electron chi connectivity index (χ2n) is 4.28. The molecule has 2 nitrogen and oxygen atoms in total. The second-order valence-corrected chi connectivity index (χ2v) is 4.28. The third kappa shape index (κ3) is 1.35. The number of hydrogen-bond donors (Lipinski definition) is 0. The van der Waals surface area contributed by atoms with E-state index in [2.05, 4.69) is 0 Å². The number of piperidine rings is 1. The van der Waals surface area contributed by atoms with Gasteiger partial charge in [-0.1, -0.05) is 12.8 Å². The number of rotatable bonds is 0. The number of amides is 1. The van der Waals surface area contributed by atoms with Gasteiger partial charge < -0.3 is 4.90 Å². The lowest BCUT2D eigenvalue weighted by molar-refractivity contribution is -0.136. The molecule has 0 aromatic heterocycles. The number of fused-ring (bicyclic) bond motifs is 1. The van der Waals surface area contributed by atoms with Crippen LogP contribution in [0.1, 0.15) is 32.1 Å². The fourth-order valence-corrected chi connectivity index (χ4v) is 2.63. The minimum atomic E-state index is 0.359. The van der Waals surface area contributed by atoms with Gasteiger partial charge >= 0.3 is 0 Å². The van der Waals surface area contributed by atoms with E-state index in [1.807, 2.05) is 11.9 Å². The number of hydrogen-bond acceptors (Lipinski definition) is 1. The van der Waals surface area contributed by atoms with E-state index in [-0.39, 0.29) is 0 Å². The van der Waals surface area contributed by atoms with Crippen molar-refractivity contribution in [2.45, 2.75) is 32.1 Å². The zero-order chi connectivity index (χ0) is 8.55. The van der Waals surface area contributed by atoms with Gasteiger partial charge in [-0.3, -0.25) is 4.79 Å². The van der Waals surface area contributed by atoms with Crippen molar-refractivity contribution in [2.24, 2.45) is 11.8 Å². The quantitative estimate of drug-likeness (QED) is 0.537. The molecule has 2 rings (SSSR count).